The van der Waals surface area contributed by atoms with E-state index in [0.29, 0.717) is 12.2 Å². The van der Waals surface area contributed by atoms with Gasteiger partial charge in [-0.3, -0.25) is 0 Å². The Balaban J connectivity index is 2.39. The highest BCUT2D eigenvalue weighted by atomic mass is 19.4. The molecule has 0 saturated carbocycles. The second-order valence-corrected chi connectivity index (χ2v) is 4.58. The number of carbonyl (C=O) groups is 1. The van der Waals surface area contributed by atoms with E-state index in [1.807, 2.05) is 6.92 Å². The van der Waals surface area contributed by atoms with Crippen molar-refractivity contribution in [1.29, 1.82) is 0 Å². The zero-order chi connectivity index (χ0) is 15.2. The molecule has 1 aromatic rings. The standard InChI is InChI=1S/C13H18F3N3O/c1-9(17)3-2-8-18-12(20)19-11-6-4-10(5-7-11)13(14,15)16/h4-7,9H,2-3,8,17H2,1H3,(H2,18,19,20). The van der Waals surface area contributed by atoms with Gasteiger partial charge in [-0.05, 0) is 44.0 Å². The van der Waals surface area contributed by atoms with Crippen molar-refractivity contribution >= 4 is 11.7 Å². The van der Waals surface area contributed by atoms with Crippen LogP contribution in [-0.2, 0) is 6.18 Å². The van der Waals surface area contributed by atoms with Crippen LogP contribution in [0.2, 0.25) is 0 Å². The Labute approximate surface area is 115 Å². The van der Waals surface area contributed by atoms with Crippen LogP contribution >= 0.6 is 0 Å². The van der Waals surface area contributed by atoms with Crippen LogP contribution in [-0.4, -0.2) is 18.6 Å². The van der Waals surface area contributed by atoms with Crippen LogP contribution in [0.5, 0.6) is 0 Å². The van der Waals surface area contributed by atoms with Gasteiger partial charge in [-0.25, -0.2) is 4.79 Å². The number of hydrogen-bond acceptors (Lipinski definition) is 2. The van der Waals surface area contributed by atoms with Crippen LogP contribution in [0.15, 0.2) is 24.3 Å². The van der Waals surface area contributed by atoms with Crippen LogP contribution in [0.1, 0.15) is 25.3 Å². The van der Waals surface area contributed by atoms with E-state index >= 15 is 0 Å². The molecule has 2 amide bonds. The highest BCUT2D eigenvalue weighted by Gasteiger charge is 2.29. The molecule has 1 unspecified atom stereocenters. The summed E-state index contributed by atoms with van der Waals surface area (Å²) >= 11 is 0. The Bertz CT molecular complexity index is 429. The smallest absolute Gasteiger partial charge is 0.338 e. The molecule has 0 fully saturated rings. The average molecular weight is 289 g/mol. The van der Waals surface area contributed by atoms with E-state index in [2.05, 4.69) is 10.6 Å². The van der Waals surface area contributed by atoms with Gasteiger partial charge in [-0.2, -0.15) is 13.2 Å². The van der Waals surface area contributed by atoms with Gasteiger partial charge in [-0.15, -0.1) is 0 Å². The molecular formula is C13H18F3N3O. The highest BCUT2D eigenvalue weighted by Crippen LogP contribution is 2.29. The van der Waals surface area contributed by atoms with Gasteiger partial charge < -0.3 is 16.4 Å². The first-order valence-corrected chi connectivity index (χ1v) is 6.26. The topological polar surface area (TPSA) is 67.1 Å². The predicted molar refractivity (Wildman–Crippen MR) is 71.3 cm³/mol. The fourth-order valence-electron chi connectivity index (χ4n) is 1.54. The minimum atomic E-state index is -4.38. The summed E-state index contributed by atoms with van der Waals surface area (Å²) in [6, 6.07) is 3.90. The predicted octanol–water partition coefficient (Wildman–Crippen LogP) is 2.95. The van der Waals surface area contributed by atoms with Crippen LogP contribution in [0.25, 0.3) is 0 Å². The molecule has 0 aliphatic rings. The Morgan fingerprint density at radius 2 is 1.90 bits per heavy atom. The number of urea groups is 1. The molecule has 0 bridgehead atoms. The molecule has 1 atom stereocenters. The molecule has 0 spiro atoms. The lowest BCUT2D eigenvalue weighted by atomic mass is 10.2. The first-order valence-electron chi connectivity index (χ1n) is 6.26. The van der Waals surface area contributed by atoms with E-state index in [1.165, 1.54) is 12.1 Å². The molecule has 0 radical (unpaired) electrons. The van der Waals surface area contributed by atoms with Gasteiger partial charge in [0.15, 0.2) is 0 Å². The van der Waals surface area contributed by atoms with Crippen LogP contribution in [0.4, 0.5) is 23.7 Å². The summed E-state index contributed by atoms with van der Waals surface area (Å²) in [6.45, 7) is 2.34. The lowest BCUT2D eigenvalue weighted by molar-refractivity contribution is -0.137. The van der Waals surface area contributed by atoms with Crippen molar-refractivity contribution in [2.24, 2.45) is 5.73 Å². The zero-order valence-corrected chi connectivity index (χ0v) is 11.1. The van der Waals surface area contributed by atoms with Crippen LogP contribution in [0.3, 0.4) is 0 Å². The summed E-state index contributed by atoms with van der Waals surface area (Å²) in [4.78, 5) is 11.5. The molecule has 1 aromatic carbocycles. The minimum absolute atomic E-state index is 0.0785. The van der Waals surface area contributed by atoms with Gasteiger partial charge in [-0.1, -0.05) is 0 Å². The average Bonchev–Trinajstić information content (AvgIpc) is 2.34. The number of nitrogens with one attached hydrogen (secondary N) is 2. The van der Waals surface area contributed by atoms with Gasteiger partial charge in [0.1, 0.15) is 0 Å². The van der Waals surface area contributed by atoms with E-state index in [9.17, 15) is 18.0 Å². The molecule has 0 heterocycles. The molecular weight excluding hydrogens is 271 g/mol. The number of rotatable bonds is 5. The van der Waals surface area contributed by atoms with Crippen molar-refractivity contribution in [2.75, 3.05) is 11.9 Å². The first-order chi connectivity index (χ1) is 9.29. The number of amides is 2. The van der Waals surface area contributed by atoms with E-state index in [1.54, 1.807) is 0 Å². The number of nitrogens with two attached hydrogens (primary N) is 1. The van der Waals surface area contributed by atoms with Crippen molar-refractivity contribution in [3.8, 4) is 0 Å². The summed E-state index contributed by atoms with van der Waals surface area (Å²) in [5.41, 5.74) is 5.12. The molecule has 0 aliphatic carbocycles. The maximum atomic E-state index is 12.3. The third-order valence-electron chi connectivity index (χ3n) is 2.59. The quantitative estimate of drug-likeness (QED) is 0.729. The zero-order valence-electron chi connectivity index (χ0n) is 11.1. The number of carbonyl (C=O) groups excluding carboxylic acids is 1. The lowest BCUT2D eigenvalue weighted by Crippen LogP contribution is -2.30. The maximum absolute atomic E-state index is 12.3. The van der Waals surface area contributed by atoms with Crippen molar-refractivity contribution < 1.29 is 18.0 Å². The Hall–Kier alpha value is -1.76. The molecule has 4 nitrogen and oxygen atoms in total. The number of alkyl halides is 3. The van der Waals surface area contributed by atoms with Crippen molar-refractivity contribution in [3.63, 3.8) is 0 Å². The molecule has 20 heavy (non-hydrogen) atoms. The molecule has 0 aliphatic heterocycles. The fourth-order valence-corrected chi connectivity index (χ4v) is 1.54. The highest BCUT2D eigenvalue weighted by molar-refractivity contribution is 5.89. The largest absolute Gasteiger partial charge is 0.416 e. The van der Waals surface area contributed by atoms with Gasteiger partial charge in [0.05, 0.1) is 5.56 Å². The second-order valence-electron chi connectivity index (χ2n) is 4.58. The summed E-state index contributed by atoms with van der Waals surface area (Å²) < 4.78 is 37.0. The third kappa shape index (κ3) is 5.92. The summed E-state index contributed by atoms with van der Waals surface area (Å²) in [6.07, 6.45) is -2.83. The summed E-state index contributed by atoms with van der Waals surface area (Å²) in [5, 5.41) is 5.06. The van der Waals surface area contributed by atoms with Crippen molar-refractivity contribution in [2.45, 2.75) is 32.0 Å². The van der Waals surface area contributed by atoms with E-state index in [-0.39, 0.29) is 6.04 Å². The van der Waals surface area contributed by atoms with Gasteiger partial charge in [0, 0.05) is 18.3 Å². The molecule has 4 N–H and O–H groups in total. The van der Waals surface area contributed by atoms with Gasteiger partial charge in [0.2, 0.25) is 0 Å². The third-order valence-corrected chi connectivity index (χ3v) is 2.59. The molecule has 0 aromatic heterocycles. The number of benzene rings is 1. The SMILES string of the molecule is CC(N)CCCNC(=O)Nc1ccc(C(F)(F)F)cc1. The number of hydrogen-bond donors (Lipinski definition) is 3. The molecule has 7 heteroatoms. The molecule has 1 rings (SSSR count). The van der Waals surface area contributed by atoms with Gasteiger partial charge in [0.25, 0.3) is 0 Å². The van der Waals surface area contributed by atoms with Crippen molar-refractivity contribution in [1.82, 2.24) is 5.32 Å². The Morgan fingerprint density at radius 1 is 1.30 bits per heavy atom. The second kappa shape index (κ2) is 7.14. The number of anilines is 1. The molecule has 112 valence electrons. The van der Waals surface area contributed by atoms with Crippen LogP contribution < -0.4 is 16.4 Å². The van der Waals surface area contributed by atoms with E-state index in [4.69, 9.17) is 5.73 Å². The normalized spacial score (nSPS) is 12.8. The Kier molecular flexibility index (Phi) is 5.82. The molecule has 0 saturated heterocycles. The van der Waals surface area contributed by atoms with Crippen molar-refractivity contribution in [3.05, 3.63) is 29.8 Å². The maximum Gasteiger partial charge on any atom is 0.416 e. The summed E-state index contributed by atoms with van der Waals surface area (Å²) in [5.74, 6) is 0. The lowest BCUT2D eigenvalue weighted by Gasteiger charge is -2.10. The number of halogens is 3. The van der Waals surface area contributed by atoms with Crippen LogP contribution in [0, 0.1) is 0 Å². The van der Waals surface area contributed by atoms with E-state index < -0.39 is 17.8 Å². The van der Waals surface area contributed by atoms with Gasteiger partial charge >= 0.3 is 12.2 Å². The Morgan fingerprint density at radius 3 is 2.40 bits per heavy atom. The van der Waals surface area contributed by atoms with E-state index in [0.717, 1.165) is 25.0 Å². The monoisotopic (exact) mass is 289 g/mol. The first kappa shape index (κ1) is 16.3. The fraction of sp³-hybridized carbons (Fsp3) is 0.462. The summed E-state index contributed by atoms with van der Waals surface area (Å²) in [7, 11) is 0. The minimum Gasteiger partial charge on any atom is -0.338 e.